The van der Waals surface area contributed by atoms with Crippen LogP contribution < -0.4 is 16.0 Å². The van der Waals surface area contributed by atoms with Crippen LogP contribution in [0.25, 0.3) is 0 Å². The van der Waals surface area contributed by atoms with Crippen LogP contribution in [-0.2, 0) is 11.3 Å². The van der Waals surface area contributed by atoms with Gasteiger partial charge in [0.2, 0.25) is 5.91 Å². The number of rotatable bonds is 7. The Hall–Kier alpha value is -2.57. The highest BCUT2D eigenvalue weighted by Crippen LogP contribution is 2.38. The van der Waals surface area contributed by atoms with Crippen LogP contribution in [0.5, 0.6) is 0 Å². The molecule has 28 heavy (non-hydrogen) atoms. The molecule has 0 atom stereocenters. The lowest BCUT2D eigenvalue weighted by Crippen LogP contribution is -2.49. The van der Waals surface area contributed by atoms with Gasteiger partial charge in [0.05, 0.1) is 5.41 Å². The Labute approximate surface area is 168 Å². The normalized spacial score (nSPS) is 15.8. The molecule has 154 valence electrons. The third-order valence-corrected chi connectivity index (χ3v) is 5.22. The van der Waals surface area contributed by atoms with Crippen LogP contribution in [0.2, 0.25) is 0 Å². The van der Waals surface area contributed by atoms with Crippen LogP contribution in [-0.4, -0.2) is 56.9 Å². The van der Waals surface area contributed by atoms with E-state index in [4.69, 9.17) is 0 Å². The maximum absolute atomic E-state index is 12.7. The topological polar surface area (TPSA) is 85.8 Å². The van der Waals surface area contributed by atoms with Gasteiger partial charge in [-0.25, -0.2) is 0 Å². The number of guanidine groups is 1. The van der Waals surface area contributed by atoms with Crippen molar-refractivity contribution in [2.24, 2.45) is 10.4 Å². The number of nitrogens with one attached hydrogen (secondary N) is 3. The third-order valence-electron chi connectivity index (χ3n) is 5.22. The first-order chi connectivity index (χ1) is 13.4. The first kappa shape index (κ1) is 21.7. The summed E-state index contributed by atoms with van der Waals surface area (Å²) in [5, 5.41) is 9.41. The molecule has 0 unspecified atom stereocenters. The van der Waals surface area contributed by atoms with Gasteiger partial charge in [-0.05, 0) is 37.5 Å². The number of aliphatic imine (C=N–C) groups is 1. The van der Waals surface area contributed by atoms with Gasteiger partial charge < -0.3 is 20.9 Å². The lowest BCUT2D eigenvalue weighted by Gasteiger charge is -2.31. The van der Waals surface area contributed by atoms with Crippen molar-refractivity contribution in [3.8, 4) is 0 Å². The highest BCUT2D eigenvalue weighted by Gasteiger charge is 2.42. The molecular weight excluding hydrogens is 354 g/mol. The summed E-state index contributed by atoms with van der Waals surface area (Å²) in [6.07, 6.45) is 3.98. The van der Waals surface area contributed by atoms with Crippen LogP contribution in [0.3, 0.4) is 0 Å². The fourth-order valence-corrected chi connectivity index (χ4v) is 3.74. The molecule has 1 fully saturated rings. The Morgan fingerprint density at radius 2 is 1.86 bits per heavy atom. The zero-order valence-electron chi connectivity index (χ0n) is 17.5. The van der Waals surface area contributed by atoms with Crippen LogP contribution in [0.15, 0.2) is 29.3 Å². The molecule has 0 saturated heterocycles. The summed E-state index contributed by atoms with van der Waals surface area (Å²) in [4.78, 5) is 30.6. The van der Waals surface area contributed by atoms with Gasteiger partial charge in [-0.2, -0.15) is 0 Å². The van der Waals surface area contributed by atoms with Crippen molar-refractivity contribution in [3.05, 3.63) is 35.4 Å². The lowest BCUT2D eigenvalue weighted by atomic mass is 9.84. The van der Waals surface area contributed by atoms with Crippen molar-refractivity contribution < 1.29 is 9.59 Å². The van der Waals surface area contributed by atoms with Gasteiger partial charge in [-0.1, -0.05) is 25.0 Å². The van der Waals surface area contributed by atoms with Crippen LogP contribution in [0.4, 0.5) is 0 Å². The number of benzene rings is 1. The molecule has 1 aromatic carbocycles. The van der Waals surface area contributed by atoms with E-state index in [-0.39, 0.29) is 17.2 Å². The molecule has 0 heterocycles. The van der Waals surface area contributed by atoms with E-state index in [1.165, 1.54) is 0 Å². The van der Waals surface area contributed by atoms with Gasteiger partial charge in [0, 0.05) is 46.3 Å². The number of nitrogens with zero attached hydrogens (tertiary/aromatic N) is 2. The Bertz CT molecular complexity index is 709. The molecular formula is C21H33N5O2. The van der Waals surface area contributed by atoms with Gasteiger partial charge >= 0.3 is 0 Å². The summed E-state index contributed by atoms with van der Waals surface area (Å²) < 4.78 is 0. The van der Waals surface area contributed by atoms with E-state index in [0.29, 0.717) is 31.2 Å². The van der Waals surface area contributed by atoms with Crippen molar-refractivity contribution in [2.45, 2.75) is 39.2 Å². The minimum Gasteiger partial charge on any atom is -0.355 e. The summed E-state index contributed by atoms with van der Waals surface area (Å²) in [6, 6.07) is 7.52. The molecule has 7 nitrogen and oxygen atoms in total. The average Bonchev–Trinajstić information content (AvgIpc) is 3.18. The molecule has 0 radical (unpaired) electrons. The van der Waals surface area contributed by atoms with Gasteiger partial charge in [-0.15, -0.1) is 0 Å². The van der Waals surface area contributed by atoms with Gasteiger partial charge in [-0.3, -0.25) is 14.6 Å². The van der Waals surface area contributed by atoms with Crippen molar-refractivity contribution in [2.75, 3.05) is 34.2 Å². The number of hydrogen-bond donors (Lipinski definition) is 3. The van der Waals surface area contributed by atoms with E-state index in [1.807, 2.05) is 39.2 Å². The molecule has 1 aliphatic carbocycles. The second kappa shape index (κ2) is 10.1. The van der Waals surface area contributed by atoms with Crippen molar-refractivity contribution in [3.63, 3.8) is 0 Å². The first-order valence-corrected chi connectivity index (χ1v) is 9.95. The molecule has 0 bridgehead atoms. The van der Waals surface area contributed by atoms with Crippen LogP contribution in [0, 0.1) is 5.41 Å². The van der Waals surface area contributed by atoms with Crippen molar-refractivity contribution in [1.29, 1.82) is 0 Å². The first-order valence-electron chi connectivity index (χ1n) is 9.95. The number of amides is 2. The van der Waals surface area contributed by atoms with E-state index in [9.17, 15) is 9.59 Å². The van der Waals surface area contributed by atoms with E-state index in [2.05, 4.69) is 20.9 Å². The molecule has 1 aliphatic rings. The largest absolute Gasteiger partial charge is 0.355 e. The second-order valence-corrected chi connectivity index (χ2v) is 7.53. The van der Waals surface area contributed by atoms with E-state index >= 15 is 0 Å². The van der Waals surface area contributed by atoms with Crippen LogP contribution in [0.1, 0.15) is 48.5 Å². The van der Waals surface area contributed by atoms with Gasteiger partial charge in [0.15, 0.2) is 5.96 Å². The summed E-state index contributed by atoms with van der Waals surface area (Å²) in [7, 11) is 5.35. The van der Waals surface area contributed by atoms with Crippen molar-refractivity contribution >= 4 is 17.8 Å². The zero-order valence-corrected chi connectivity index (χ0v) is 17.5. The summed E-state index contributed by atoms with van der Waals surface area (Å²) in [5.41, 5.74) is 1.29. The maximum atomic E-state index is 12.7. The predicted octanol–water partition coefficient (Wildman–Crippen LogP) is 1.75. The fraction of sp³-hybridized carbons (Fsp3) is 0.571. The van der Waals surface area contributed by atoms with E-state index < -0.39 is 0 Å². The smallest absolute Gasteiger partial charge is 0.251 e. The quantitative estimate of drug-likeness (QED) is 0.491. The monoisotopic (exact) mass is 387 g/mol. The van der Waals surface area contributed by atoms with E-state index in [0.717, 1.165) is 31.2 Å². The average molecular weight is 388 g/mol. The molecule has 1 aromatic rings. The summed E-state index contributed by atoms with van der Waals surface area (Å²) >= 11 is 0. The number of hydrogen-bond acceptors (Lipinski definition) is 3. The zero-order chi connectivity index (χ0) is 20.6. The minimum absolute atomic E-state index is 0.0720. The molecule has 0 aromatic heterocycles. The SMILES string of the molecule is CCNC(=O)c1cccc(CNC(=NC)NCC2(C(=O)N(C)C)CCCC2)c1. The second-order valence-electron chi connectivity index (χ2n) is 7.53. The number of carbonyl (C=O) groups is 2. The molecule has 1 saturated carbocycles. The third kappa shape index (κ3) is 5.47. The highest BCUT2D eigenvalue weighted by atomic mass is 16.2. The summed E-state index contributed by atoms with van der Waals surface area (Å²) in [5.74, 6) is 0.765. The van der Waals surface area contributed by atoms with Crippen molar-refractivity contribution in [1.82, 2.24) is 20.9 Å². The van der Waals surface area contributed by atoms with E-state index in [1.54, 1.807) is 18.0 Å². The number of carbonyl (C=O) groups excluding carboxylic acids is 2. The Morgan fingerprint density at radius 3 is 2.46 bits per heavy atom. The molecule has 3 N–H and O–H groups in total. The Balaban J connectivity index is 1.95. The standard InChI is InChI=1S/C21H33N5O2/c1-5-23-18(27)17-10-8-9-16(13-17)14-24-20(22-2)25-15-21(11-6-7-12-21)19(28)26(3)4/h8-10,13H,5-7,11-12,14-15H2,1-4H3,(H,23,27)(H2,22,24,25). The fourth-order valence-electron chi connectivity index (χ4n) is 3.74. The lowest BCUT2D eigenvalue weighted by molar-refractivity contribution is -0.138. The van der Waals surface area contributed by atoms with Crippen LogP contribution >= 0.6 is 0 Å². The predicted molar refractivity (Wildman–Crippen MR) is 112 cm³/mol. The van der Waals surface area contributed by atoms with Gasteiger partial charge in [0.1, 0.15) is 0 Å². The molecule has 2 amide bonds. The van der Waals surface area contributed by atoms with Gasteiger partial charge in [0.25, 0.3) is 5.91 Å². The Kier molecular flexibility index (Phi) is 7.84. The molecule has 7 heteroatoms. The highest BCUT2D eigenvalue weighted by molar-refractivity contribution is 5.94. The minimum atomic E-state index is -0.348. The Morgan fingerprint density at radius 1 is 1.14 bits per heavy atom. The molecule has 0 spiro atoms. The molecule has 2 rings (SSSR count). The summed E-state index contributed by atoms with van der Waals surface area (Å²) in [6.45, 7) is 3.62. The maximum Gasteiger partial charge on any atom is 0.251 e. The molecule has 0 aliphatic heterocycles.